The highest BCUT2D eigenvalue weighted by Gasteiger charge is 2.17. The van der Waals surface area contributed by atoms with Crippen LogP contribution in [0.25, 0.3) is 0 Å². The Bertz CT molecular complexity index is 818. The van der Waals surface area contributed by atoms with Gasteiger partial charge in [0.15, 0.2) is 6.10 Å². The minimum absolute atomic E-state index is 0.0947. The second-order valence-electron chi connectivity index (χ2n) is 9.36. The number of likely N-dealkylation sites (tertiary alicyclic amines) is 1. The molecule has 1 N–H and O–H groups in total. The summed E-state index contributed by atoms with van der Waals surface area (Å²) < 4.78 is 5.86. The van der Waals surface area contributed by atoms with E-state index in [0.29, 0.717) is 6.54 Å². The van der Waals surface area contributed by atoms with Crippen LogP contribution in [0.3, 0.4) is 0 Å². The van der Waals surface area contributed by atoms with Crippen molar-refractivity contribution in [2.75, 3.05) is 13.1 Å². The lowest BCUT2D eigenvalue weighted by atomic mass is 9.87. The zero-order valence-electron chi connectivity index (χ0n) is 18.9. The maximum absolute atomic E-state index is 12.6. The van der Waals surface area contributed by atoms with Gasteiger partial charge in [0.1, 0.15) is 5.75 Å². The van der Waals surface area contributed by atoms with E-state index < -0.39 is 6.10 Å². The first kappa shape index (κ1) is 22.4. The van der Waals surface area contributed by atoms with E-state index in [4.69, 9.17) is 4.74 Å². The molecule has 2 aromatic rings. The SMILES string of the molecule is C[C@H](Oc1ccc(C(C)(C)C)cc1)C(=O)NCc1ccccc1CN1CCCCC1. The summed E-state index contributed by atoms with van der Waals surface area (Å²) >= 11 is 0. The lowest BCUT2D eigenvalue weighted by molar-refractivity contribution is -0.127. The topological polar surface area (TPSA) is 41.6 Å². The molecule has 0 aromatic heterocycles. The van der Waals surface area contributed by atoms with E-state index in [1.165, 1.54) is 49.0 Å². The van der Waals surface area contributed by atoms with Crippen molar-refractivity contribution < 1.29 is 9.53 Å². The number of hydrogen-bond donors (Lipinski definition) is 1. The Balaban J connectivity index is 1.53. The molecule has 0 aliphatic carbocycles. The summed E-state index contributed by atoms with van der Waals surface area (Å²) in [5, 5.41) is 3.05. The van der Waals surface area contributed by atoms with Gasteiger partial charge in [0.25, 0.3) is 5.91 Å². The van der Waals surface area contributed by atoms with E-state index in [-0.39, 0.29) is 11.3 Å². The number of hydrogen-bond acceptors (Lipinski definition) is 3. The number of nitrogens with one attached hydrogen (secondary N) is 1. The van der Waals surface area contributed by atoms with Crippen LogP contribution in [0.5, 0.6) is 5.75 Å². The third kappa shape index (κ3) is 6.33. The van der Waals surface area contributed by atoms with Crippen LogP contribution < -0.4 is 10.1 Å². The second kappa shape index (κ2) is 10.1. The van der Waals surface area contributed by atoms with Crippen molar-refractivity contribution in [3.05, 3.63) is 65.2 Å². The van der Waals surface area contributed by atoms with Gasteiger partial charge in [-0.1, -0.05) is 63.6 Å². The number of ether oxygens (including phenoxy) is 1. The van der Waals surface area contributed by atoms with Crippen LogP contribution in [0, 0.1) is 0 Å². The van der Waals surface area contributed by atoms with Gasteiger partial charge in [-0.3, -0.25) is 9.69 Å². The summed E-state index contributed by atoms with van der Waals surface area (Å²) in [6.45, 7) is 12.2. The fourth-order valence-electron chi connectivity index (χ4n) is 3.86. The lowest BCUT2D eigenvalue weighted by Crippen LogP contribution is -2.36. The number of carbonyl (C=O) groups excluding carboxylic acids is 1. The highest BCUT2D eigenvalue weighted by molar-refractivity contribution is 5.80. The molecular formula is C26H36N2O2. The van der Waals surface area contributed by atoms with E-state index in [2.05, 4.69) is 61.3 Å². The number of benzene rings is 2. The average molecular weight is 409 g/mol. The Morgan fingerprint density at radius 1 is 1.00 bits per heavy atom. The van der Waals surface area contributed by atoms with Gasteiger partial charge in [-0.05, 0) is 67.1 Å². The van der Waals surface area contributed by atoms with Crippen molar-refractivity contribution in [2.45, 2.75) is 71.6 Å². The molecule has 30 heavy (non-hydrogen) atoms. The van der Waals surface area contributed by atoms with Crippen molar-refractivity contribution in [2.24, 2.45) is 0 Å². The Morgan fingerprint density at radius 3 is 2.27 bits per heavy atom. The minimum Gasteiger partial charge on any atom is -0.481 e. The number of amides is 1. The molecule has 1 heterocycles. The molecular weight excluding hydrogens is 372 g/mol. The smallest absolute Gasteiger partial charge is 0.261 e. The minimum atomic E-state index is -0.542. The van der Waals surface area contributed by atoms with Gasteiger partial charge in [-0.25, -0.2) is 0 Å². The summed E-state index contributed by atoms with van der Waals surface area (Å²) in [6.07, 6.45) is 3.36. The van der Waals surface area contributed by atoms with E-state index in [1.54, 1.807) is 6.92 Å². The zero-order chi connectivity index (χ0) is 21.6. The monoisotopic (exact) mass is 408 g/mol. The van der Waals surface area contributed by atoms with E-state index >= 15 is 0 Å². The highest BCUT2D eigenvalue weighted by atomic mass is 16.5. The Hall–Kier alpha value is -2.33. The van der Waals surface area contributed by atoms with Crippen LogP contribution in [-0.4, -0.2) is 30.0 Å². The first-order chi connectivity index (χ1) is 14.3. The number of piperidine rings is 1. The molecule has 0 saturated carbocycles. The first-order valence-corrected chi connectivity index (χ1v) is 11.2. The number of nitrogens with zero attached hydrogens (tertiary/aromatic N) is 1. The van der Waals surface area contributed by atoms with Gasteiger partial charge >= 0.3 is 0 Å². The summed E-state index contributed by atoms with van der Waals surface area (Å²) in [6, 6.07) is 16.4. The molecule has 162 valence electrons. The number of carbonyl (C=O) groups is 1. The van der Waals surface area contributed by atoms with Gasteiger partial charge in [0, 0.05) is 13.1 Å². The molecule has 3 rings (SSSR count). The van der Waals surface area contributed by atoms with Crippen molar-refractivity contribution in [1.82, 2.24) is 10.2 Å². The summed E-state index contributed by atoms with van der Waals surface area (Å²) in [7, 11) is 0. The molecule has 4 heteroatoms. The molecule has 1 saturated heterocycles. The molecule has 0 bridgehead atoms. The summed E-state index contributed by atoms with van der Waals surface area (Å²) in [5.74, 6) is 0.624. The standard InChI is InChI=1S/C26H36N2O2/c1-20(30-24-14-12-23(13-15-24)26(2,3)4)25(29)27-18-21-10-6-7-11-22(21)19-28-16-8-5-9-17-28/h6-7,10-15,20H,5,8-9,16-19H2,1-4H3,(H,27,29)/t20-/m0/s1. The molecule has 1 fully saturated rings. The van der Waals surface area contributed by atoms with E-state index in [1.807, 2.05) is 18.2 Å². The Labute approximate surface area is 181 Å². The number of rotatable bonds is 7. The predicted molar refractivity (Wildman–Crippen MR) is 123 cm³/mol. The molecule has 1 amide bonds. The summed E-state index contributed by atoms with van der Waals surface area (Å²) in [4.78, 5) is 15.1. The fourth-order valence-corrected chi connectivity index (χ4v) is 3.86. The molecule has 1 atom stereocenters. The average Bonchev–Trinajstić information content (AvgIpc) is 2.73. The molecule has 4 nitrogen and oxygen atoms in total. The Morgan fingerprint density at radius 2 is 1.63 bits per heavy atom. The molecule has 2 aromatic carbocycles. The van der Waals surface area contributed by atoms with Crippen molar-refractivity contribution in [3.63, 3.8) is 0 Å². The maximum Gasteiger partial charge on any atom is 0.261 e. The van der Waals surface area contributed by atoms with Crippen LogP contribution in [0.2, 0.25) is 0 Å². The van der Waals surface area contributed by atoms with Gasteiger partial charge in [-0.2, -0.15) is 0 Å². The second-order valence-corrected chi connectivity index (χ2v) is 9.36. The van der Waals surface area contributed by atoms with Crippen LogP contribution in [0.15, 0.2) is 48.5 Å². The van der Waals surface area contributed by atoms with Gasteiger partial charge in [0.2, 0.25) is 0 Å². The van der Waals surface area contributed by atoms with Crippen molar-refractivity contribution in [3.8, 4) is 5.75 Å². The fraction of sp³-hybridized carbons (Fsp3) is 0.500. The van der Waals surface area contributed by atoms with E-state index in [9.17, 15) is 4.79 Å². The molecule has 0 spiro atoms. The zero-order valence-corrected chi connectivity index (χ0v) is 18.9. The molecule has 0 radical (unpaired) electrons. The van der Waals surface area contributed by atoms with Crippen LogP contribution in [0.1, 0.15) is 63.6 Å². The van der Waals surface area contributed by atoms with Crippen LogP contribution >= 0.6 is 0 Å². The van der Waals surface area contributed by atoms with Crippen molar-refractivity contribution in [1.29, 1.82) is 0 Å². The van der Waals surface area contributed by atoms with Crippen LogP contribution in [0.4, 0.5) is 0 Å². The summed E-state index contributed by atoms with van der Waals surface area (Å²) in [5.41, 5.74) is 3.82. The lowest BCUT2D eigenvalue weighted by Gasteiger charge is -2.27. The van der Waals surface area contributed by atoms with Gasteiger partial charge < -0.3 is 10.1 Å². The first-order valence-electron chi connectivity index (χ1n) is 11.2. The van der Waals surface area contributed by atoms with Crippen molar-refractivity contribution >= 4 is 5.91 Å². The third-order valence-corrected chi connectivity index (χ3v) is 5.82. The molecule has 0 unspecified atom stereocenters. The Kier molecular flexibility index (Phi) is 7.54. The maximum atomic E-state index is 12.6. The van der Waals surface area contributed by atoms with Gasteiger partial charge in [0.05, 0.1) is 0 Å². The predicted octanol–water partition coefficient (Wildman–Crippen LogP) is 5.05. The van der Waals surface area contributed by atoms with Gasteiger partial charge in [-0.15, -0.1) is 0 Å². The largest absolute Gasteiger partial charge is 0.481 e. The molecule has 1 aliphatic heterocycles. The molecule has 1 aliphatic rings. The highest BCUT2D eigenvalue weighted by Crippen LogP contribution is 2.24. The normalized spacial score (nSPS) is 16.1. The quantitative estimate of drug-likeness (QED) is 0.697. The van der Waals surface area contributed by atoms with E-state index in [0.717, 1.165) is 12.3 Å². The van der Waals surface area contributed by atoms with Crippen LogP contribution in [-0.2, 0) is 23.3 Å². The third-order valence-electron chi connectivity index (χ3n) is 5.82.